The van der Waals surface area contributed by atoms with E-state index >= 15 is 0 Å². The topological polar surface area (TPSA) is 100 Å². The largest absolute Gasteiger partial charge is 0.465 e. The lowest BCUT2D eigenvalue weighted by Gasteiger charge is -2.25. The summed E-state index contributed by atoms with van der Waals surface area (Å²) in [6.45, 7) is 2.55. The van der Waals surface area contributed by atoms with Crippen molar-refractivity contribution in [3.63, 3.8) is 0 Å². The van der Waals surface area contributed by atoms with Gasteiger partial charge in [0.2, 0.25) is 5.90 Å². The molecule has 0 saturated heterocycles. The molecule has 1 saturated carbocycles. The second kappa shape index (κ2) is 7.67. The highest BCUT2D eigenvalue weighted by molar-refractivity contribution is 6.23. The molecule has 8 heteroatoms. The van der Waals surface area contributed by atoms with Crippen molar-refractivity contribution in [2.75, 3.05) is 14.2 Å². The maximum Gasteiger partial charge on any atom is 0.344 e. The second-order valence-electron chi connectivity index (χ2n) is 6.10. The molecule has 1 aliphatic carbocycles. The number of hydrogen-bond acceptors (Lipinski definition) is 8. The average Bonchev–Trinajstić information content (AvgIpc) is 2.85. The molecule has 0 radical (unpaired) electrons. The molecule has 1 aliphatic heterocycles. The highest BCUT2D eigenvalue weighted by Gasteiger charge is 2.52. The fourth-order valence-electron chi connectivity index (χ4n) is 3.11. The Morgan fingerprint density at radius 1 is 1.08 bits per heavy atom. The fraction of sp³-hybridized carbons (Fsp3) is 0.647. The Hall–Kier alpha value is -2.38. The molecule has 1 fully saturated rings. The molecule has 0 N–H and O–H groups in total. The number of nitrogens with zero attached hydrogens (tertiary/aromatic N) is 1. The number of ether oxygens (including phenoxy) is 4. The Labute approximate surface area is 146 Å². The SMILES string of the molecule is COC(=O)C1=C(C(=O)OC)C(C)(OC(C)=O)OC1=NC1CCCCC1. The van der Waals surface area contributed by atoms with Crippen molar-refractivity contribution in [1.29, 1.82) is 0 Å². The first-order valence-corrected chi connectivity index (χ1v) is 8.20. The van der Waals surface area contributed by atoms with Gasteiger partial charge in [0.05, 0.1) is 20.3 Å². The summed E-state index contributed by atoms with van der Waals surface area (Å²) in [7, 11) is 2.35. The lowest BCUT2D eigenvalue weighted by Crippen LogP contribution is -2.37. The van der Waals surface area contributed by atoms with E-state index in [0.717, 1.165) is 39.2 Å². The normalized spacial score (nSPS) is 25.5. The minimum Gasteiger partial charge on any atom is -0.465 e. The molecule has 1 unspecified atom stereocenters. The third-order valence-electron chi connectivity index (χ3n) is 4.20. The van der Waals surface area contributed by atoms with Crippen molar-refractivity contribution in [3.8, 4) is 0 Å². The van der Waals surface area contributed by atoms with Gasteiger partial charge in [-0.3, -0.25) is 4.79 Å². The van der Waals surface area contributed by atoms with Crippen molar-refractivity contribution in [2.24, 2.45) is 4.99 Å². The molecule has 8 nitrogen and oxygen atoms in total. The molecular formula is C17H23NO7. The Kier molecular flexibility index (Phi) is 5.81. The summed E-state index contributed by atoms with van der Waals surface area (Å²) in [5.41, 5.74) is -0.393. The first-order chi connectivity index (χ1) is 11.8. The van der Waals surface area contributed by atoms with E-state index in [0.29, 0.717) is 0 Å². The molecule has 0 aromatic rings. The van der Waals surface area contributed by atoms with Crippen LogP contribution in [0.5, 0.6) is 0 Å². The first-order valence-electron chi connectivity index (χ1n) is 8.20. The van der Waals surface area contributed by atoms with Gasteiger partial charge in [0.25, 0.3) is 5.79 Å². The quantitative estimate of drug-likeness (QED) is 0.560. The van der Waals surface area contributed by atoms with E-state index in [4.69, 9.17) is 18.9 Å². The van der Waals surface area contributed by atoms with Gasteiger partial charge in [0.1, 0.15) is 11.1 Å². The molecule has 138 valence electrons. The molecule has 0 aromatic heterocycles. The summed E-state index contributed by atoms with van der Waals surface area (Å²) in [4.78, 5) is 40.5. The summed E-state index contributed by atoms with van der Waals surface area (Å²) in [5, 5.41) is 0. The Morgan fingerprint density at radius 3 is 2.20 bits per heavy atom. The van der Waals surface area contributed by atoms with Gasteiger partial charge in [-0.2, -0.15) is 0 Å². The Morgan fingerprint density at radius 2 is 1.68 bits per heavy atom. The van der Waals surface area contributed by atoms with Crippen LogP contribution in [0.15, 0.2) is 16.1 Å². The van der Waals surface area contributed by atoms with E-state index in [2.05, 4.69) is 4.99 Å². The van der Waals surface area contributed by atoms with Gasteiger partial charge in [-0.25, -0.2) is 14.6 Å². The van der Waals surface area contributed by atoms with Gasteiger partial charge < -0.3 is 18.9 Å². The highest BCUT2D eigenvalue weighted by atomic mass is 16.7. The maximum absolute atomic E-state index is 12.3. The number of hydrogen-bond donors (Lipinski definition) is 0. The zero-order valence-corrected chi connectivity index (χ0v) is 14.9. The summed E-state index contributed by atoms with van der Waals surface area (Å²) >= 11 is 0. The van der Waals surface area contributed by atoms with Gasteiger partial charge in [0, 0.05) is 13.8 Å². The molecule has 0 amide bonds. The van der Waals surface area contributed by atoms with E-state index in [1.54, 1.807) is 0 Å². The lowest BCUT2D eigenvalue weighted by molar-refractivity contribution is -0.181. The predicted octanol–water partition coefficient (Wildman–Crippen LogP) is 1.67. The van der Waals surface area contributed by atoms with Crippen LogP contribution in [0.3, 0.4) is 0 Å². The van der Waals surface area contributed by atoms with Crippen molar-refractivity contribution in [1.82, 2.24) is 0 Å². The molecular weight excluding hydrogens is 330 g/mol. The van der Waals surface area contributed by atoms with Crippen LogP contribution in [0.25, 0.3) is 0 Å². The van der Waals surface area contributed by atoms with Crippen LogP contribution in [0.1, 0.15) is 46.0 Å². The van der Waals surface area contributed by atoms with Crippen LogP contribution in [-0.4, -0.2) is 49.9 Å². The van der Waals surface area contributed by atoms with E-state index in [-0.39, 0.29) is 23.1 Å². The zero-order chi connectivity index (χ0) is 18.6. The van der Waals surface area contributed by atoms with E-state index in [1.165, 1.54) is 21.0 Å². The Bertz CT molecular complexity index is 631. The van der Waals surface area contributed by atoms with Gasteiger partial charge in [-0.05, 0) is 12.8 Å². The molecule has 2 rings (SSSR count). The van der Waals surface area contributed by atoms with Crippen molar-refractivity contribution >= 4 is 23.8 Å². The van der Waals surface area contributed by atoms with Crippen LogP contribution in [0.4, 0.5) is 0 Å². The van der Waals surface area contributed by atoms with Crippen LogP contribution >= 0.6 is 0 Å². The molecule has 0 bridgehead atoms. The molecule has 0 aromatic carbocycles. The maximum atomic E-state index is 12.3. The van der Waals surface area contributed by atoms with Gasteiger partial charge >= 0.3 is 17.9 Å². The number of methoxy groups -OCH3 is 2. The van der Waals surface area contributed by atoms with Crippen molar-refractivity contribution in [2.45, 2.75) is 57.8 Å². The molecule has 2 aliphatic rings. The second-order valence-corrected chi connectivity index (χ2v) is 6.10. The van der Waals surface area contributed by atoms with Gasteiger partial charge in [-0.1, -0.05) is 19.3 Å². The summed E-state index contributed by atoms with van der Waals surface area (Å²) in [5.74, 6) is -4.17. The number of esters is 3. The average molecular weight is 353 g/mol. The summed E-state index contributed by atoms with van der Waals surface area (Å²) in [6.07, 6.45) is 4.92. The smallest absolute Gasteiger partial charge is 0.344 e. The van der Waals surface area contributed by atoms with Crippen molar-refractivity contribution in [3.05, 3.63) is 11.1 Å². The number of carbonyl (C=O) groups is 3. The van der Waals surface area contributed by atoms with E-state index in [1.807, 2.05) is 0 Å². The van der Waals surface area contributed by atoms with E-state index in [9.17, 15) is 14.4 Å². The standard InChI is InChI=1S/C17H23NO7/c1-10(19)24-17(2)13(16(21)23-4)12(15(20)22-3)14(25-17)18-11-8-6-5-7-9-11/h11H,5-9H2,1-4H3. The fourth-order valence-corrected chi connectivity index (χ4v) is 3.11. The molecule has 1 heterocycles. The number of rotatable bonds is 4. The number of aliphatic imine (C=N–C) groups is 1. The highest BCUT2D eigenvalue weighted by Crippen LogP contribution is 2.37. The van der Waals surface area contributed by atoms with Gasteiger partial charge in [-0.15, -0.1) is 0 Å². The zero-order valence-electron chi connectivity index (χ0n) is 14.9. The van der Waals surface area contributed by atoms with Crippen LogP contribution in [0, 0.1) is 0 Å². The summed E-state index contributed by atoms with van der Waals surface area (Å²) < 4.78 is 20.3. The van der Waals surface area contributed by atoms with Crippen molar-refractivity contribution < 1.29 is 33.3 Å². The van der Waals surface area contributed by atoms with E-state index < -0.39 is 23.7 Å². The van der Waals surface area contributed by atoms with Crippen LogP contribution in [0.2, 0.25) is 0 Å². The van der Waals surface area contributed by atoms with Crippen LogP contribution < -0.4 is 0 Å². The monoisotopic (exact) mass is 353 g/mol. The van der Waals surface area contributed by atoms with Crippen LogP contribution in [-0.2, 0) is 33.3 Å². The lowest BCUT2D eigenvalue weighted by atomic mass is 9.96. The minimum absolute atomic E-state index is 0.0259. The molecule has 1 atom stereocenters. The number of carbonyl (C=O) groups excluding carboxylic acids is 3. The van der Waals surface area contributed by atoms with Gasteiger partial charge in [0.15, 0.2) is 0 Å². The Balaban J connectivity index is 2.54. The predicted molar refractivity (Wildman–Crippen MR) is 86.6 cm³/mol. The molecule has 0 spiro atoms. The third kappa shape index (κ3) is 4.00. The summed E-state index contributed by atoms with van der Waals surface area (Å²) in [6, 6.07) is -0.0259. The minimum atomic E-state index is -1.80. The third-order valence-corrected chi connectivity index (χ3v) is 4.20. The first kappa shape index (κ1) is 19.0. The molecule has 25 heavy (non-hydrogen) atoms.